The van der Waals surface area contributed by atoms with Gasteiger partial charge in [0.05, 0.1) is 6.61 Å². The number of aromatic nitrogens is 1. The van der Waals surface area contributed by atoms with Gasteiger partial charge >= 0.3 is 5.97 Å². The van der Waals surface area contributed by atoms with Crippen LogP contribution in [-0.2, 0) is 4.74 Å². The molecule has 1 heterocycles. The van der Waals surface area contributed by atoms with Crippen molar-refractivity contribution >= 4 is 12.0 Å². The van der Waals surface area contributed by atoms with Crippen molar-refractivity contribution in [2.24, 2.45) is 5.92 Å². The molecular formula is C12H15NO2. The Hall–Kier alpha value is -1.64. The van der Waals surface area contributed by atoms with Crippen molar-refractivity contribution in [2.45, 2.75) is 13.8 Å². The molecule has 3 heteroatoms. The minimum atomic E-state index is -0.382. The summed E-state index contributed by atoms with van der Waals surface area (Å²) in [4.78, 5) is 15.4. The lowest BCUT2D eigenvalue weighted by molar-refractivity contribution is 0.0452. The van der Waals surface area contributed by atoms with Gasteiger partial charge in [0, 0.05) is 6.20 Å². The zero-order valence-electron chi connectivity index (χ0n) is 9.06. The van der Waals surface area contributed by atoms with Crippen LogP contribution >= 0.6 is 0 Å². The first-order valence-electron chi connectivity index (χ1n) is 4.89. The summed E-state index contributed by atoms with van der Waals surface area (Å²) in [5.74, 6) is -0.0519. The molecule has 15 heavy (non-hydrogen) atoms. The highest BCUT2D eigenvalue weighted by atomic mass is 16.5. The van der Waals surface area contributed by atoms with Crippen LogP contribution in [0.3, 0.4) is 0 Å². The Morgan fingerprint density at radius 3 is 3.00 bits per heavy atom. The second-order valence-electron chi connectivity index (χ2n) is 3.67. The van der Waals surface area contributed by atoms with Crippen molar-refractivity contribution in [3.63, 3.8) is 0 Å². The zero-order valence-corrected chi connectivity index (χ0v) is 9.06. The molecule has 0 unspecified atom stereocenters. The van der Waals surface area contributed by atoms with Gasteiger partial charge in [-0.25, -0.2) is 9.78 Å². The Morgan fingerprint density at radius 1 is 1.67 bits per heavy atom. The molecule has 0 aliphatic heterocycles. The largest absolute Gasteiger partial charge is 0.461 e. The van der Waals surface area contributed by atoms with E-state index in [1.807, 2.05) is 13.8 Å². The van der Waals surface area contributed by atoms with Gasteiger partial charge in [0.15, 0.2) is 0 Å². The van der Waals surface area contributed by atoms with E-state index in [1.165, 1.54) is 0 Å². The van der Waals surface area contributed by atoms with Crippen LogP contribution < -0.4 is 0 Å². The first-order valence-corrected chi connectivity index (χ1v) is 4.89. The van der Waals surface area contributed by atoms with Crippen molar-refractivity contribution < 1.29 is 9.53 Å². The average Bonchev–Trinajstić information content (AvgIpc) is 2.26. The van der Waals surface area contributed by atoms with Crippen molar-refractivity contribution in [3.8, 4) is 0 Å². The molecule has 0 aliphatic rings. The van der Waals surface area contributed by atoms with E-state index in [4.69, 9.17) is 4.74 Å². The van der Waals surface area contributed by atoms with E-state index in [9.17, 15) is 4.79 Å². The molecule has 1 aromatic rings. The summed E-state index contributed by atoms with van der Waals surface area (Å²) in [7, 11) is 0. The third-order valence-electron chi connectivity index (χ3n) is 1.78. The molecule has 0 aromatic carbocycles. The molecule has 0 fully saturated rings. The Balaban J connectivity index is 2.69. The summed E-state index contributed by atoms with van der Waals surface area (Å²) < 4.78 is 5.05. The summed E-state index contributed by atoms with van der Waals surface area (Å²) in [6.07, 6.45) is 3.24. The number of hydrogen-bond acceptors (Lipinski definition) is 3. The first kappa shape index (κ1) is 11.4. The number of nitrogens with zero attached hydrogens (tertiary/aromatic N) is 1. The van der Waals surface area contributed by atoms with Gasteiger partial charge in [-0.05, 0) is 23.6 Å². The number of carbonyl (C=O) groups excluding carboxylic acids is 1. The van der Waals surface area contributed by atoms with Crippen LogP contribution in [0.25, 0.3) is 6.08 Å². The number of hydrogen-bond donors (Lipinski definition) is 0. The Labute approximate surface area is 89.8 Å². The molecule has 0 amide bonds. The SMILES string of the molecule is C=Cc1ccnc(C(=O)OCC(C)C)c1. The maximum absolute atomic E-state index is 11.5. The smallest absolute Gasteiger partial charge is 0.356 e. The Bertz CT molecular complexity index is 358. The molecule has 3 nitrogen and oxygen atoms in total. The summed E-state index contributed by atoms with van der Waals surface area (Å²) in [6, 6.07) is 3.45. The van der Waals surface area contributed by atoms with Crippen LogP contribution in [0.4, 0.5) is 0 Å². The van der Waals surface area contributed by atoms with E-state index in [-0.39, 0.29) is 5.97 Å². The second kappa shape index (κ2) is 5.29. The van der Waals surface area contributed by atoms with Gasteiger partial charge in [0.25, 0.3) is 0 Å². The van der Waals surface area contributed by atoms with E-state index >= 15 is 0 Å². The molecular weight excluding hydrogens is 190 g/mol. The summed E-state index contributed by atoms with van der Waals surface area (Å²) in [5.41, 5.74) is 1.19. The second-order valence-corrected chi connectivity index (χ2v) is 3.67. The first-order chi connectivity index (χ1) is 7.13. The predicted molar refractivity (Wildman–Crippen MR) is 59.4 cm³/mol. The summed E-state index contributed by atoms with van der Waals surface area (Å²) >= 11 is 0. The van der Waals surface area contributed by atoms with E-state index in [2.05, 4.69) is 11.6 Å². The predicted octanol–water partition coefficient (Wildman–Crippen LogP) is 2.54. The molecule has 0 aliphatic carbocycles. The van der Waals surface area contributed by atoms with Crippen LogP contribution in [0, 0.1) is 5.92 Å². The third-order valence-corrected chi connectivity index (χ3v) is 1.78. The van der Waals surface area contributed by atoms with Gasteiger partial charge in [0.2, 0.25) is 0 Å². The highest BCUT2D eigenvalue weighted by Gasteiger charge is 2.09. The van der Waals surface area contributed by atoms with Gasteiger partial charge in [-0.3, -0.25) is 0 Å². The van der Waals surface area contributed by atoms with E-state index in [1.54, 1.807) is 24.4 Å². The molecule has 0 spiro atoms. The Morgan fingerprint density at radius 2 is 2.40 bits per heavy atom. The molecule has 80 valence electrons. The van der Waals surface area contributed by atoms with Crippen LogP contribution in [-0.4, -0.2) is 17.6 Å². The average molecular weight is 205 g/mol. The number of pyridine rings is 1. The fourth-order valence-electron chi connectivity index (χ4n) is 1.00. The van der Waals surface area contributed by atoms with Crippen LogP contribution in [0.1, 0.15) is 29.9 Å². The fraction of sp³-hybridized carbons (Fsp3) is 0.333. The normalized spacial score (nSPS) is 10.1. The minimum absolute atomic E-state index is 0.327. The lowest BCUT2D eigenvalue weighted by Gasteiger charge is -2.06. The maximum atomic E-state index is 11.5. The van der Waals surface area contributed by atoms with Gasteiger partial charge in [-0.1, -0.05) is 26.5 Å². The Kier molecular flexibility index (Phi) is 4.03. The van der Waals surface area contributed by atoms with Gasteiger partial charge in [-0.15, -0.1) is 0 Å². The van der Waals surface area contributed by atoms with Gasteiger partial charge in [-0.2, -0.15) is 0 Å². The summed E-state index contributed by atoms with van der Waals surface area (Å²) in [5, 5.41) is 0. The van der Waals surface area contributed by atoms with Crippen molar-refractivity contribution in [1.29, 1.82) is 0 Å². The number of carbonyl (C=O) groups is 1. The quantitative estimate of drug-likeness (QED) is 0.709. The van der Waals surface area contributed by atoms with Crippen LogP contribution in [0.5, 0.6) is 0 Å². The molecule has 1 aromatic heterocycles. The standard InChI is InChI=1S/C12H15NO2/c1-4-10-5-6-13-11(7-10)12(14)15-8-9(2)3/h4-7,9H,1,8H2,2-3H3. The van der Waals surface area contributed by atoms with Gasteiger partial charge < -0.3 is 4.74 Å². The fourth-order valence-corrected chi connectivity index (χ4v) is 1.00. The molecule has 1 rings (SSSR count). The molecule has 0 saturated carbocycles. The summed E-state index contributed by atoms with van der Waals surface area (Å²) in [6.45, 7) is 8.02. The highest BCUT2D eigenvalue weighted by molar-refractivity contribution is 5.87. The van der Waals surface area contributed by atoms with Crippen LogP contribution in [0.2, 0.25) is 0 Å². The molecule has 0 saturated heterocycles. The van der Waals surface area contributed by atoms with Crippen molar-refractivity contribution in [1.82, 2.24) is 4.98 Å². The van der Waals surface area contributed by atoms with Crippen LogP contribution in [0.15, 0.2) is 24.9 Å². The van der Waals surface area contributed by atoms with Gasteiger partial charge in [0.1, 0.15) is 5.69 Å². The third kappa shape index (κ3) is 3.54. The van der Waals surface area contributed by atoms with Crippen molar-refractivity contribution in [2.75, 3.05) is 6.61 Å². The van der Waals surface area contributed by atoms with E-state index in [0.717, 1.165) is 5.56 Å². The molecule has 0 radical (unpaired) electrons. The monoisotopic (exact) mass is 205 g/mol. The number of esters is 1. The highest BCUT2D eigenvalue weighted by Crippen LogP contribution is 2.05. The lowest BCUT2D eigenvalue weighted by atomic mass is 10.2. The molecule has 0 bridgehead atoms. The minimum Gasteiger partial charge on any atom is -0.461 e. The van der Waals surface area contributed by atoms with E-state index < -0.39 is 0 Å². The van der Waals surface area contributed by atoms with E-state index in [0.29, 0.717) is 18.2 Å². The lowest BCUT2D eigenvalue weighted by Crippen LogP contribution is -2.11. The van der Waals surface area contributed by atoms with Crippen molar-refractivity contribution in [3.05, 3.63) is 36.2 Å². The molecule has 0 atom stereocenters. The number of rotatable bonds is 4. The molecule has 0 N–H and O–H groups in total. The maximum Gasteiger partial charge on any atom is 0.356 e. The zero-order chi connectivity index (χ0) is 11.3. The topological polar surface area (TPSA) is 39.2 Å². The number of ether oxygens (including phenoxy) is 1.